The molecule has 156 valence electrons. The van der Waals surface area contributed by atoms with Crippen LogP contribution in [0, 0.1) is 5.41 Å². The van der Waals surface area contributed by atoms with E-state index in [0.717, 1.165) is 5.69 Å². The second-order valence-electron chi connectivity index (χ2n) is 9.64. The standard InChI is InChI=1S/C23H36N2O3/c1-22(2,3)28-21(27)24-16-6-7-20(26)25-19-10-8-17(9-11-19)18-12-14-23(4,5)15-13-18/h8-11,18H,6-7,12-16H2,1-5H3,(H,24,27)(H,25,26). The van der Waals surface area contributed by atoms with Crippen LogP contribution in [0.4, 0.5) is 10.5 Å². The molecule has 0 radical (unpaired) electrons. The van der Waals surface area contributed by atoms with Crippen LogP contribution in [0.15, 0.2) is 24.3 Å². The summed E-state index contributed by atoms with van der Waals surface area (Å²) in [7, 11) is 0. The normalized spacial score (nSPS) is 17.0. The molecule has 1 aromatic rings. The summed E-state index contributed by atoms with van der Waals surface area (Å²) in [5.74, 6) is 0.592. The SMILES string of the molecule is CC1(C)CCC(c2ccc(NC(=O)CCCNC(=O)OC(C)(C)C)cc2)CC1. The molecule has 5 heteroatoms. The molecule has 0 atom stereocenters. The predicted octanol–water partition coefficient (Wildman–Crippen LogP) is 5.61. The number of rotatable bonds is 6. The van der Waals surface area contributed by atoms with Gasteiger partial charge in [0.05, 0.1) is 0 Å². The number of anilines is 1. The van der Waals surface area contributed by atoms with Gasteiger partial charge in [0.1, 0.15) is 5.60 Å². The van der Waals surface area contributed by atoms with Crippen LogP contribution in [0.5, 0.6) is 0 Å². The second-order valence-corrected chi connectivity index (χ2v) is 9.64. The molecular formula is C23H36N2O3. The zero-order valence-corrected chi connectivity index (χ0v) is 18.1. The molecule has 0 aromatic heterocycles. The second kappa shape index (κ2) is 9.44. The molecule has 0 spiro atoms. The van der Waals surface area contributed by atoms with Crippen molar-refractivity contribution in [2.75, 3.05) is 11.9 Å². The summed E-state index contributed by atoms with van der Waals surface area (Å²) in [6, 6.07) is 8.27. The topological polar surface area (TPSA) is 67.4 Å². The lowest BCUT2D eigenvalue weighted by Gasteiger charge is -2.34. The van der Waals surface area contributed by atoms with E-state index in [4.69, 9.17) is 4.74 Å². The van der Waals surface area contributed by atoms with Crippen LogP contribution in [0.1, 0.15) is 84.6 Å². The van der Waals surface area contributed by atoms with Crippen molar-refractivity contribution in [3.05, 3.63) is 29.8 Å². The Balaban J connectivity index is 1.69. The first-order valence-corrected chi connectivity index (χ1v) is 10.4. The fraction of sp³-hybridized carbons (Fsp3) is 0.652. The minimum absolute atomic E-state index is 0.0434. The Hall–Kier alpha value is -2.04. The van der Waals surface area contributed by atoms with E-state index < -0.39 is 11.7 Å². The number of hydrogen-bond acceptors (Lipinski definition) is 3. The van der Waals surface area contributed by atoms with Crippen LogP contribution in [0.3, 0.4) is 0 Å². The Labute approximate surface area is 169 Å². The van der Waals surface area contributed by atoms with Crippen molar-refractivity contribution in [1.29, 1.82) is 0 Å². The molecule has 2 N–H and O–H groups in total. The number of benzene rings is 1. The van der Waals surface area contributed by atoms with Gasteiger partial charge in [-0.3, -0.25) is 4.79 Å². The van der Waals surface area contributed by atoms with Crippen molar-refractivity contribution in [1.82, 2.24) is 5.32 Å². The van der Waals surface area contributed by atoms with E-state index in [2.05, 4.69) is 36.6 Å². The number of alkyl carbamates (subject to hydrolysis) is 1. The minimum atomic E-state index is -0.512. The van der Waals surface area contributed by atoms with Gasteiger partial charge in [-0.1, -0.05) is 26.0 Å². The molecule has 2 rings (SSSR count). The first kappa shape index (κ1) is 22.3. The van der Waals surface area contributed by atoms with Gasteiger partial charge in [-0.2, -0.15) is 0 Å². The molecule has 0 saturated heterocycles. The molecule has 1 aromatic carbocycles. The smallest absolute Gasteiger partial charge is 0.407 e. The van der Waals surface area contributed by atoms with Crippen molar-refractivity contribution in [3.63, 3.8) is 0 Å². The van der Waals surface area contributed by atoms with Gasteiger partial charge in [0.2, 0.25) is 5.91 Å². The summed E-state index contributed by atoms with van der Waals surface area (Å²) in [6.45, 7) is 10.6. The summed E-state index contributed by atoms with van der Waals surface area (Å²) in [6.07, 6.45) is 5.50. The highest BCUT2D eigenvalue weighted by Gasteiger charge is 2.27. The van der Waals surface area contributed by atoms with E-state index >= 15 is 0 Å². The summed E-state index contributed by atoms with van der Waals surface area (Å²) >= 11 is 0. The van der Waals surface area contributed by atoms with Crippen molar-refractivity contribution < 1.29 is 14.3 Å². The number of nitrogens with one attached hydrogen (secondary N) is 2. The largest absolute Gasteiger partial charge is 0.444 e. The molecule has 1 aliphatic carbocycles. The van der Waals surface area contributed by atoms with E-state index in [1.165, 1.54) is 31.2 Å². The van der Waals surface area contributed by atoms with Crippen LogP contribution in [0.25, 0.3) is 0 Å². The van der Waals surface area contributed by atoms with Crippen molar-refractivity contribution >= 4 is 17.7 Å². The van der Waals surface area contributed by atoms with Gasteiger partial charge in [-0.15, -0.1) is 0 Å². The van der Waals surface area contributed by atoms with E-state index in [0.29, 0.717) is 30.7 Å². The molecule has 1 fully saturated rings. The molecular weight excluding hydrogens is 352 g/mol. The molecule has 1 saturated carbocycles. The zero-order valence-electron chi connectivity index (χ0n) is 18.1. The van der Waals surface area contributed by atoms with Gasteiger partial charge in [0, 0.05) is 18.7 Å². The number of amides is 2. The van der Waals surface area contributed by atoms with Crippen molar-refractivity contribution in [2.45, 2.75) is 84.7 Å². The third-order valence-electron chi connectivity index (χ3n) is 5.25. The zero-order chi connectivity index (χ0) is 20.8. The quantitative estimate of drug-likeness (QED) is 0.622. The lowest BCUT2D eigenvalue weighted by Crippen LogP contribution is -2.33. The van der Waals surface area contributed by atoms with E-state index in [1.807, 2.05) is 32.9 Å². The summed E-state index contributed by atoms with van der Waals surface area (Å²) < 4.78 is 5.16. The van der Waals surface area contributed by atoms with Gasteiger partial charge in [-0.25, -0.2) is 4.79 Å². The maximum absolute atomic E-state index is 12.1. The maximum Gasteiger partial charge on any atom is 0.407 e. The number of carbonyl (C=O) groups is 2. The lowest BCUT2D eigenvalue weighted by atomic mass is 9.71. The first-order valence-electron chi connectivity index (χ1n) is 10.4. The Morgan fingerprint density at radius 1 is 1.11 bits per heavy atom. The molecule has 0 aliphatic heterocycles. The third kappa shape index (κ3) is 7.91. The molecule has 1 aliphatic rings. The lowest BCUT2D eigenvalue weighted by molar-refractivity contribution is -0.116. The molecule has 2 amide bonds. The molecule has 28 heavy (non-hydrogen) atoms. The highest BCUT2D eigenvalue weighted by atomic mass is 16.6. The van der Waals surface area contributed by atoms with Crippen LogP contribution in [-0.2, 0) is 9.53 Å². The van der Waals surface area contributed by atoms with Crippen LogP contribution >= 0.6 is 0 Å². The van der Waals surface area contributed by atoms with E-state index in [1.54, 1.807) is 0 Å². The Morgan fingerprint density at radius 3 is 2.29 bits per heavy atom. The Morgan fingerprint density at radius 2 is 1.71 bits per heavy atom. The average molecular weight is 389 g/mol. The van der Waals surface area contributed by atoms with Crippen LogP contribution in [0.2, 0.25) is 0 Å². The van der Waals surface area contributed by atoms with Crippen LogP contribution in [-0.4, -0.2) is 24.1 Å². The Kier molecular flexibility index (Phi) is 7.50. The number of ether oxygens (including phenoxy) is 1. The fourth-order valence-electron chi connectivity index (χ4n) is 3.55. The fourth-order valence-corrected chi connectivity index (χ4v) is 3.55. The first-order chi connectivity index (χ1) is 13.0. The summed E-state index contributed by atoms with van der Waals surface area (Å²) in [4.78, 5) is 23.6. The average Bonchev–Trinajstić information content (AvgIpc) is 2.58. The number of hydrogen-bond donors (Lipinski definition) is 2. The third-order valence-corrected chi connectivity index (χ3v) is 5.25. The Bertz CT molecular complexity index is 649. The van der Waals surface area contributed by atoms with Gasteiger partial charge in [-0.05, 0) is 81.9 Å². The maximum atomic E-state index is 12.1. The summed E-state index contributed by atoms with van der Waals surface area (Å²) in [5.41, 5.74) is 2.16. The highest BCUT2D eigenvalue weighted by molar-refractivity contribution is 5.90. The van der Waals surface area contributed by atoms with E-state index in [-0.39, 0.29) is 5.91 Å². The van der Waals surface area contributed by atoms with Crippen molar-refractivity contribution in [3.8, 4) is 0 Å². The van der Waals surface area contributed by atoms with Crippen molar-refractivity contribution in [2.24, 2.45) is 5.41 Å². The van der Waals surface area contributed by atoms with Gasteiger partial charge >= 0.3 is 6.09 Å². The van der Waals surface area contributed by atoms with Crippen LogP contribution < -0.4 is 10.6 Å². The summed E-state index contributed by atoms with van der Waals surface area (Å²) in [5, 5.41) is 5.60. The molecule has 5 nitrogen and oxygen atoms in total. The molecule has 0 heterocycles. The van der Waals surface area contributed by atoms with Gasteiger partial charge in [0.15, 0.2) is 0 Å². The molecule has 0 unspecified atom stereocenters. The molecule has 0 bridgehead atoms. The minimum Gasteiger partial charge on any atom is -0.444 e. The monoisotopic (exact) mass is 388 g/mol. The van der Waals surface area contributed by atoms with Gasteiger partial charge in [0.25, 0.3) is 0 Å². The highest BCUT2D eigenvalue weighted by Crippen LogP contribution is 2.42. The van der Waals surface area contributed by atoms with E-state index in [9.17, 15) is 9.59 Å². The number of carbonyl (C=O) groups excluding carboxylic acids is 2. The predicted molar refractivity (Wildman–Crippen MR) is 114 cm³/mol. The van der Waals surface area contributed by atoms with Gasteiger partial charge < -0.3 is 15.4 Å².